The molecule has 2 amide bonds. The third-order valence-corrected chi connectivity index (χ3v) is 7.59. The van der Waals surface area contributed by atoms with Crippen molar-refractivity contribution < 1.29 is 14.3 Å². The number of hydrogen-bond acceptors (Lipinski definition) is 5. The molecule has 1 aliphatic rings. The highest BCUT2D eigenvalue weighted by atomic mass is 16.5. The molecule has 198 valence electrons. The summed E-state index contributed by atoms with van der Waals surface area (Å²) in [6.45, 7) is 6.85. The zero-order chi connectivity index (χ0) is 26.5. The summed E-state index contributed by atoms with van der Waals surface area (Å²) < 4.78 is 7.57. The van der Waals surface area contributed by atoms with Gasteiger partial charge in [0.05, 0.1) is 11.0 Å². The normalized spacial score (nSPS) is 16.8. The molecule has 0 saturated carbocycles. The Morgan fingerprint density at radius 1 is 1.19 bits per heavy atom. The third-order valence-electron chi connectivity index (χ3n) is 7.59. The third kappa shape index (κ3) is 6.02. The van der Waals surface area contributed by atoms with Crippen molar-refractivity contribution in [2.75, 3.05) is 26.8 Å². The predicted octanol–water partition coefficient (Wildman–Crippen LogP) is 3.45. The van der Waals surface area contributed by atoms with Crippen molar-refractivity contribution in [1.29, 1.82) is 0 Å². The van der Waals surface area contributed by atoms with E-state index in [0.29, 0.717) is 25.1 Å². The fourth-order valence-corrected chi connectivity index (χ4v) is 5.48. The Hall–Kier alpha value is -3.23. The van der Waals surface area contributed by atoms with Crippen LogP contribution in [-0.2, 0) is 22.5 Å². The molecule has 0 unspecified atom stereocenters. The van der Waals surface area contributed by atoms with E-state index in [4.69, 9.17) is 21.2 Å². The van der Waals surface area contributed by atoms with E-state index in [1.807, 2.05) is 43.0 Å². The topological polar surface area (TPSA) is 116 Å². The van der Waals surface area contributed by atoms with Crippen molar-refractivity contribution in [3.63, 3.8) is 0 Å². The zero-order valence-electron chi connectivity index (χ0n) is 22.2. The second-order valence-corrected chi connectivity index (χ2v) is 10.2. The number of nitrogens with zero attached hydrogens (tertiary/aromatic N) is 3. The zero-order valence-corrected chi connectivity index (χ0v) is 22.2. The van der Waals surface area contributed by atoms with E-state index in [1.54, 1.807) is 13.2 Å². The molecule has 3 aromatic rings. The summed E-state index contributed by atoms with van der Waals surface area (Å²) in [4.78, 5) is 32.2. The van der Waals surface area contributed by atoms with Gasteiger partial charge in [-0.15, -0.1) is 0 Å². The van der Waals surface area contributed by atoms with E-state index in [9.17, 15) is 9.59 Å². The van der Waals surface area contributed by atoms with Crippen molar-refractivity contribution in [2.24, 2.45) is 11.5 Å². The van der Waals surface area contributed by atoms with Crippen LogP contribution in [0.15, 0.2) is 36.4 Å². The minimum Gasteiger partial charge on any atom is -0.385 e. The number of para-hydroxylation sites is 2. The number of likely N-dealkylation sites (tertiary alicyclic amines) is 1. The molecule has 1 aromatic heterocycles. The number of rotatable bonds is 10. The fourth-order valence-electron chi connectivity index (χ4n) is 5.48. The Labute approximate surface area is 219 Å². The average molecular weight is 506 g/mol. The molecule has 0 aliphatic carbocycles. The number of amides is 2. The van der Waals surface area contributed by atoms with E-state index < -0.39 is 11.9 Å². The largest absolute Gasteiger partial charge is 0.385 e. The summed E-state index contributed by atoms with van der Waals surface area (Å²) in [6.07, 6.45) is 3.48. The van der Waals surface area contributed by atoms with Crippen molar-refractivity contribution in [1.82, 2.24) is 14.5 Å². The first-order valence-corrected chi connectivity index (χ1v) is 13.2. The molecule has 1 aliphatic heterocycles. The Morgan fingerprint density at radius 2 is 1.97 bits per heavy atom. The lowest BCUT2D eigenvalue weighted by Gasteiger charge is -2.33. The summed E-state index contributed by atoms with van der Waals surface area (Å²) in [5.74, 6) is 0.791. The molecule has 2 atom stereocenters. The number of imidazole rings is 1. The molecular weight excluding hydrogens is 466 g/mol. The van der Waals surface area contributed by atoms with E-state index in [1.165, 1.54) is 0 Å². The summed E-state index contributed by atoms with van der Waals surface area (Å²) >= 11 is 0. The second-order valence-electron chi connectivity index (χ2n) is 10.2. The number of methoxy groups -OCH3 is 1. The number of aromatic nitrogens is 2. The van der Waals surface area contributed by atoms with Gasteiger partial charge < -0.3 is 25.7 Å². The lowest BCUT2D eigenvalue weighted by Crippen LogP contribution is -2.42. The molecule has 1 fully saturated rings. The van der Waals surface area contributed by atoms with Gasteiger partial charge in [0.15, 0.2) is 0 Å². The van der Waals surface area contributed by atoms with Crippen LogP contribution >= 0.6 is 0 Å². The number of hydrogen-bond donors (Lipinski definition) is 2. The van der Waals surface area contributed by atoms with E-state index in [0.717, 1.165) is 65.9 Å². The number of benzene rings is 2. The van der Waals surface area contributed by atoms with Crippen molar-refractivity contribution in [3.05, 3.63) is 64.5 Å². The molecule has 37 heavy (non-hydrogen) atoms. The highest BCUT2D eigenvalue weighted by Crippen LogP contribution is 2.30. The average Bonchev–Trinajstić information content (AvgIpc) is 3.25. The molecule has 1 saturated heterocycles. The predicted molar refractivity (Wildman–Crippen MR) is 146 cm³/mol. The van der Waals surface area contributed by atoms with Gasteiger partial charge in [0, 0.05) is 57.3 Å². The highest BCUT2D eigenvalue weighted by molar-refractivity contribution is 5.95. The van der Waals surface area contributed by atoms with Crippen LogP contribution in [0, 0.1) is 13.8 Å². The standard InChI is InChI=1S/C29H39N5O3/c1-19-11-12-23(28(31)36)24(20(19)2)16-22(30)17-27(35)33-13-6-8-21(18-33)29-32-25-9-4-5-10-26(25)34(29)14-7-15-37-3/h4-5,9-12,21-22H,6-8,13-18,30H2,1-3H3,(H2,31,36)/t21-,22+/m1/s1. The summed E-state index contributed by atoms with van der Waals surface area (Å²) in [5, 5.41) is 0. The molecule has 0 radical (unpaired) electrons. The van der Waals surface area contributed by atoms with Crippen LogP contribution in [0.1, 0.15) is 64.5 Å². The number of carbonyl (C=O) groups excluding carboxylic acids is 2. The SMILES string of the molecule is COCCCn1c([C@@H]2CCCN(C(=O)C[C@@H](N)Cc3c(C(N)=O)ccc(C)c3C)C2)nc2ccccc21. The number of piperidine rings is 1. The molecule has 4 N–H and O–H groups in total. The quantitative estimate of drug-likeness (QED) is 0.409. The number of ether oxygens (including phenoxy) is 1. The van der Waals surface area contributed by atoms with E-state index in [2.05, 4.69) is 10.6 Å². The van der Waals surface area contributed by atoms with Gasteiger partial charge in [-0.05, 0) is 74.4 Å². The van der Waals surface area contributed by atoms with Crippen molar-refractivity contribution >= 4 is 22.8 Å². The van der Waals surface area contributed by atoms with Gasteiger partial charge in [-0.3, -0.25) is 9.59 Å². The Bertz CT molecular complexity index is 1270. The maximum atomic E-state index is 13.3. The second kappa shape index (κ2) is 11.9. The molecule has 2 aromatic carbocycles. The summed E-state index contributed by atoms with van der Waals surface area (Å²) in [7, 11) is 1.72. The number of aryl methyl sites for hydroxylation is 2. The molecule has 4 rings (SSSR count). The number of fused-ring (bicyclic) bond motifs is 1. The molecule has 8 heteroatoms. The first-order valence-electron chi connectivity index (χ1n) is 13.2. The van der Waals surface area contributed by atoms with Crippen LogP contribution in [0.5, 0.6) is 0 Å². The number of carbonyl (C=O) groups is 2. The highest BCUT2D eigenvalue weighted by Gasteiger charge is 2.29. The van der Waals surface area contributed by atoms with E-state index in [-0.39, 0.29) is 18.2 Å². The first kappa shape index (κ1) is 26.8. The van der Waals surface area contributed by atoms with Crippen LogP contribution < -0.4 is 11.5 Å². The molecule has 0 bridgehead atoms. The monoisotopic (exact) mass is 505 g/mol. The van der Waals surface area contributed by atoms with Gasteiger partial charge in [0.25, 0.3) is 0 Å². The van der Waals surface area contributed by atoms with Gasteiger partial charge in [0.1, 0.15) is 5.82 Å². The number of primary amides is 1. The smallest absolute Gasteiger partial charge is 0.248 e. The van der Waals surface area contributed by atoms with Crippen LogP contribution in [0.25, 0.3) is 11.0 Å². The molecular formula is C29H39N5O3. The Balaban J connectivity index is 1.47. The molecule has 0 spiro atoms. The Kier molecular flexibility index (Phi) is 8.61. The molecule has 8 nitrogen and oxygen atoms in total. The van der Waals surface area contributed by atoms with Crippen LogP contribution in [0.2, 0.25) is 0 Å². The van der Waals surface area contributed by atoms with Gasteiger partial charge in [0.2, 0.25) is 11.8 Å². The van der Waals surface area contributed by atoms with Crippen molar-refractivity contribution in [2.45, 2.75) is 64.5 Å². The van der Waals surface area contributed by atoms with Gasteiger partial charge >= 0.3 is 0 Å². The lowest BCUT2D eigenvalue weighted by molar-refractivity contribution is -0.132. The summed E-state index contributed by atoms with van der Waals surface area (Å²) in [6, 6.07) is 11.5. The van der Waals surface area contributed by atoms with Crippen LogP contribution in [-0.4, -0.2) is 59.1 Å². The maximum Gasteiger partial charge on any atom is 0.248 e. The van der Waals surface area contributed by atoms with Crippen LogP contribution in [0.4, 0.5) is 0 Å². The fraction of sp³-hybridized carbons (Fsp3) is 0.483. The van der Waals surface area contributed by atoms with Gasteiger partial charge in [-0.1, -0.05) is 18.2 Å². The minimum atomic E-state index is -0.469. The summed E-state index contributed by atoms with van der Waals surface area (Å²) in [5.41, 5.74) is 17.6. The molecule has 2 heterocycles. The number of nitrogens with two attached hydrogens (primary N) is 2. The maximum absolute atomic E-state index is 13.3. The van der Waals surface area contributed by atoms with Gasteiger partial charge in [-0.2, -0.15) is 0 Å². The lowest BCUT2D eigenvalue weighted by atomic mass is 9.91. The van der Waals surface area contributed by atoms with Crippen molar-refractivity contribution in [3.8, 4) is 0 Å². The van der Waals surface area contributed by atoms with Crippen LogP contribution in [0.3, 0.4) is 0 Å². The Morgan fingerprint density at radius 3 is 2.73 bits per heavy atom. The first-order chi connectivity index (χ1) is 17.8. The van der Waals surface area contributed by atoms with E-state index >= 15 is 0 Å². The minimum absolute atomic E-state index is 0.0465. The van der Waals surface area contributed by atoms with Gasteiger partial charge in [-0.25, -0.2) is 4.98 Å².